The summed E-state index contributed by atoms with van der Waals surface area (Å²) < 4.78 is 4.96. The van der Waals surface area contributed by atoms with Crippen molar-refractivity contribution in [3.05, 3.63) is 12.7 Å². The third kappa shape index (κ3) is 2.95. The molecule has 2 aliphatic heterocycles. The number of carbonyl (C=O) groups is 4. The van der Waals surface area contributed by atoms with Gasteiger partial charge < -0.3 is 9.64 Å². The molecule has 108 valence electrons. The fourth-order valence-corrected chi connectivity index (χ4v) is 2.04. The van der Waals surface area contributed by atoms with Crippen LogP contribution in [-0.4, -0.2) is 53.0 Å². The van der Waals surface area contributed by atoms with E-state index in [1.165, 1.54) is 11.0 Å². The normalized spacial score (nSPS) is 22.1. The van der Waals surface area contributed by atoms with Crippen molar-refractivity contribution in [2.45, 2.75) is 25.4 Å². The van der Waals surface area contributed by atoms with Crippen LogP contribution in [0.1, 0.15) is 19.3 Å². The molecule has 0 aromatic rings. The number of likely N-dealkylation sites (tertiary alicyclic amines) is 1. The molecule has 1 atom stereocenters. The van der Waals surface area contributed by atoms with Crippen LogP contribution in [0.5, 0.6) is 0 Å². The van der Waals surface area contributed by atoms with Gasteiger partial charge in [0.05, 0.1) is 6.54 Å². The van der Waals surface area contributed by atoms with E-state index in [0.717, 1.165) is 0 Å². The summed E-state index contributed by atoms with van der Waals surface area (Å²) >= 11 is 0. The highest BCUT2D eigenvalue weighted by atomic mass is 16.8. The fraction of sp³-hybridized carbons (Fsp3) is 0.500. The van der Waals surface area contributed by atoms with E-state index in [1.54, 1.807) is 0 Å². The van der Waals surface area contributed by atoms with E-state index in [9.17, 15) is 19.2 Å². The molecule has 0 bridgehead atoms. The zero-order chi connectivity index (χ0) is 14.7. The van der Waals surface area contributed by atoms with Gasteiger partial charge in [-0.15, -0.1) is 0 Å². The molecule has 0 aromatic heterocycles. The Hall–Kier alpha value is -2.38. The van der Waals surface area contributed by atoms with Gasteiger partial charge in [0.1, 0.15) is 6.10 Å². The minimum absolute atomic E-state index is 0.0250. The van der Waals surface area contributed by atoms with Crippen molar-refractivity contribution in [2.75, 3.05) is 13.1 Å². The van der Waals surface area contributed by atoms with Crippen molar-refractivity contribution < 1.29 is 28.8 Å². The van der Waals surface area contributed by atoms with Crippen LogP contribution in [0, 0.1) is 0 Å². The second-order valence-corrected chi connectivity index (χ2v) is 4.44. The van der Waals surface area contributed by atoms with Gasteiger partial charge in [-0.25, -0.2) is 4.79 Å². The molecule has 0 aromatic carbocycles. The molecule has 2 fully saturated rings. The number of hydrogen-bond acceptors (Lipinski definition) is 6. The van der Waals surface area contributed by atoms with E-state index in [4.69, 9.17) is 4.74 Å². The minimum atomic E-state index is -1.12. The molecular formula is C12H14N2O6. The van der Waals surface area contributed by atoms with Gasteiger partial charge in [0, 0.05) is 25.8 Å². The Labute approximate surface area is 114 Å². The predicted octanol–water partition coefficient (Wildman–Crippen LogP) is -0.00950. The topological polar surface area (TPSA) is 93.2 Å². The largest absolute Gasteiger partial charge is 0.534 e. The first-order chi connectivity index (χ1) is 9.51. The quantitative estimate of drug-likeness (QED) is 0.410. The van der Waals surface area contributed by atoms with Crippen molar-refractivity contribution >= 4 is 23.9 Å². The summed E-state index contributed by atoms with van der Waals surface area (Å²) in [4.78, 5) is 51.4. The smallest absolute Gasteiger partial charge is 0.427 e. The summed E-state index contributed by atoms with van der Waals surface area (Å²) in [5, 5.41) is 0.421. The molecule has 0 N–H and O–H groups in total. The number of carbonyl (C=O) groups excluding carboxylic acids is 4. The maximum absolute atomic E-state index is 11.5. The van der Waals surface area contributed by atoms with Gasteiger partial charge in [-0.2, -0.15) is 0 Å². The molecule has 8 nitrogen and oxygen atoms in total. The van der Waals surface area contributed by atoms with Crippen LogP contribution in [0.25, 0.3) is 0 Å². The Bertz CT molecular complexity index is 459. The zero-order valence-electron chi connectivity index (χ0n) is 10.7. The van der Waals surface area contributed by atoms with Crippen LogP contribution in [0.2, 0.25) is 0 Å². The molecule has 0 unspecified atom stereocenters. The van der Waals surface area contributed by atoms with Crippen molar-refractivity contribution in [3.63, 3.8) is 0 Å². The standard InChI is InChI=1S/C12H14N2O6/c1-2-9(15)13-6-5-8(7-13)19-12(18)20-14-10(16)3-4-11(14)17/h2,8H,1,3-7H2/t8-/m0/s1. The van der Waals surface area contributed by atoms with E-state index < -0.39 is 24.1 Å². The van der Waals surface area contributed by atoms with Crippen LogP contribution in [0.3, 0.4) is 0 Å². The number of hydroxylamine groups is 2. The Morgan fingerprint density at radius 2 is 1.90 bits per heavy atom. The van der Waals surface area contributed by atoms with Crippen molar-refractivity contribution in [1.82, 2.24) is 9.96 Å². The molecule has 0 saturated carbocycles. The van der Waals surface area contributed by atoms with Gasteiger partial charge in [0.2, 0.25) is 5.91 Å². The van der Waals surface area contributed by atoms with E-state index in [-0.39, 0.29) is 25.3 Å². The third-order valence-corrected chi connectivity index (χ3v) is 3.07. The molecule has 0 spiro atoms. The summed E-state index contributed by atoms with van der Waals surface area (Å²) in [6.07, 6.45) is 0.0679. The zero-order valence-corrected chi connectivity index (χ0v) is 10.7. The highest BCUT2D eigenvalue weighted by Crippen LogP contribution is 2.16. The lowest BCUT2D eigenvalue weighted by Crippen LogP contribution is -2.34. The average Bonchev–Trinajstić information content (AvgIpc) is 3.00. The monoisotopic (exact) mass is 282 g/mol. The van der Waals surface area contributed by atoms with E-state index in [2.05, 4.69) is 11.4 Å². The van der Waals surface area contributed by atoms with Crippen LogP contribution in [0.15, 0.2) is 12.7 Å². The predicted molar refractivity (Wildman–Crippen MR) is 63.8 cm³/mol. The summed E-state index contributed by atoms with van der Waals surface area (Å²) in [5.41, 5.74) is 0. The number of hydrogen-bond donors (Lipinski definition) is 0. The first-order valence-corrected chi connectivity index (χ1v) is 6.17. The minimum Gasteiger partial charge on any atom is -0.427 e. The Kier molecular flexibility index (Phi) is 4.02. The maximum atomic E-state index is 11.5. The molecular weight excluding hydrogens is 268 g/mol. The number of imide groups is 1. The second-order valence-electron chi connectivity index (χ2n) is 4.44. The van der Waals surface area contributed by atoms with Gasteiger partial charge in [-0.05, 0) is 6.08 Å². The van der Waals surface area contributed by atoms with Gasteiger partial charge >= 0.3 is 6.16 Å². The number of rotatable bonds is 3. The first kappa shape index (κ1) is 14.0. The first-order valence-electron chi connectivity index (χ1n) is 6.17. The van der Waals surface area contributed by atoms with Gasteiger partial charge in [0.25, 0.3) is 11.8 Å². The highest BCUT2D eigenvalue weighted by molar-refractivity contribution is 6.01. The molecule has 3 amide bonds. The average molecular weight is 282 g/mol. The molecule has 8 heteroatoms. The molecule has 2 aliphatic rings. The molecule has 20 heavy (non-hydrogen) atoms. The third-order valence-electron chi connectivity index (χ3n) is 3.07. The van der Waals surface area contributed by atoms with E-state index >= 15 is 0 Å². The van der Waals surface area contributed by atoms with Gasteiger partial charge in [0.15, 0.2) is 0 Å². The van der Waals surface area contributed by atoms with Crippen LogP contribution >= 0.6 is 0 Å². The number of ether oxygens (including phenoxy) is 1. The lowest BCUT2D eigenvalue weighted by atomic mass is 10.3. The molecule has 2 heterocycles. The Balaban J connectivity index is 1.81. The summed E-state index contributed by atoms with van der Waals surface area (Å²) in [6, 6.07) is 0. The van der Waals surface area contributed by atoms with Crippen LogP contribution in [0.4, 0.5) is 4.79 Å². The summed E-state index contributed by atoms with van der Waals surface area (Å²) in [6.45, 7) is 4.06. The molecule has 2 rings (SSSR count). The lowest BCUT2D eigenvalue weighted by Gasteiger charge is -2.16. The SMILES string of the molecule is C=CC(=O)N1CC[C@H](OC(=O)ON2C(=O)CCC2=O)C1. The lowest BCUT2D eigenvalue weighted by molar-refractivity contribution is -0.178. The van der Waals surface area contributed by atoms with Crippen molar-refractivity contribution in [3.8, 4) is 0 Å². The fourth-order valence-electron chi connectivity index (χ4n) is 2.04. The number of nitrogens with zero attached hydrogens (tertiary/aromatic N) is 2. The second kappa shape index (κ2) is 5.72. The molecule has 0 radical (unpaired) electrons. The maximum Gasteiger partial charge on any atom is 0.534 e. The van der Waals surface area contributed by atoms with Gasteiger partial charge in [-0.3, -0.25) is 19.2 Å². The van der Waals surface area contributed by atoms with Gasteiger partial charge in [-0.1, -0.05) is 11.6 Å². The van der Waals surface area contributed by atoms with Crippen molar-refractivity contribution in [1.29, 1.82) is 0 Å². The summed E-state index contributed by atoms with van der Waals surface area (Å²) in [7, 11) is 0. The summed E-state index contributed by atoms with van der Waals surface area (Å²) in [5.74, 6) is -1.38. The molecule has 2 saturated heterocycles. The van der Waals surface area contributed by atoms with E-state index in [0.29, 0.717) is 18.0 Å². The van der Waals surface area contributed by atoms with E-state index in [1.807, 2.05) is 0 Å². The Morgan fingerprint density at radius 1 is 1.25 bits per heavy atom. The Morgan fingerprint density at radius 3 is 2.50 bits per heavy atom. The highest BCUT2D eigenvalue weighted by Gasteiger charge is 2.35. The molecule has 0 aliphatic carbocycles. The van der Waals surface area contributed by atoms with Crippen molar-refractivity contribution in [2.24, 2.45) is 0 Å². The van der Waals surface area contributed by atoms with Crippen LogP contribution in [-0.2, 0) is 24.0 Å². The van der Waals surface area contributed by atoms with Crippen LogP contribution < -0.4 is 0 Å². The number of amides is 3.